The molecule has 7 nitrogen and oxygen atoms in total. The van der Waals surface area contributed by atoms with Crippen LogP contribution in [0.3, 0.4) is 0 Å². The molecule has 0 saturated heterocycles. The fourth-order valence-electron chi connectivity index (χ4n) is 2.60. The van der Waals surface area contributed by atoms with Crippen molar-refractivity contribution in [1.82, 2.24) is 5.32 Å². The van der Waals surface area contributed by atoms with Crippen LogP contribution in [0, 0.1) is 11.6 Å². The Morgan fingerprint density at radius 3 is 2.75 bits per heavy atom. The highest BCUT2D eigenvalue weighted by Gasteiger charge is 2.16. The van der Waals surface area contributed by atoms with Gasteiger partial charge in [-0.15, -0.1) is 0 Å². The molecule has 3 amide bonds. The molecule has 0 unspecified atom stereocenters. The van der Waals surface area contributed by atoms with Crippen molar-refractivity contribution < 1.29 is 27.9 Å². The number of carbonyl (C=O) groups excluding carboxylic acids is 3. The van der Waals surface area contributed by atoms with E-state index in [1.807, 2.05) is 0 Å². The molecule has 0 aromatic heterocycles. The van der Waals surface area contributed by atoms with Crippen LogP contribution >= 0.6 is 0 Å². The van der Waals surface area contributed by atoms with Gasteiger partial charge in [0, 0.05) is 24.7 Å². The van der Waals surface area contributed by atoms with Gasteiger partial charge in [-0.3, -0.25) is 14.4 Å². The Hall–Kier alpha value is -3.49. The highest BCUT2D eigenvalue weighted by atomic mass is 19.1. The summed E-state index contributed by atoms with van der Waals surface area (Å²) >= 11 is 0. The zero-order valence-electron chi connectivity index (χ0n) is 14.7. The Morgan fingerprint density at radius 1 is 1.14 bits per heavy atom. The molecular formula is C19H17F2N3O4. The molecule has 0 fully saturated rings. The van der Waals surface area contributed by atoms with Crippen LogP contribution in [-0.2, 0) is 9.59 Å². The third-order valence-corrected chi connectivity index (χ3v) is 3.94. The molecule has 9 heteroatoms. The average molecular weight is 389 g/mol. The number of amides is 3. The molecule has 3 rings (SSSR count). The van der Waals surface area contributed by atoms with Crippen molar-refractivity contribution in [2.75, 3.05) is 23.8 Å². The predicted octanol–water partition coefficient (Wildman–Crippen LogP) is 2.44. The molecule has 1 aliphatic rings. The number of carbonyl (C=O) groups is 3. The largest absolute Gasteiger partial charge is 0.482 e. The van der Waals surface area contributed by atoms with Crippen LogP contribution in [0.1, 0.15) is 23.2 Å². The number of rotatable bonds is 6. The van der Waals surface area contributed by atoms with Gasteiger partial charge in [-0.05, 0) is 36.8 Å². The number of benzene rings is 2. The number of anilines is 2. The van der Waals surface area contributed by atoms with Crippen molar-refractivity contribution in [2.45, 2.75) is 12.8 Å². The second kappa shape index (κ2) is 8.47. The fraction of sp³-hybridized carbons (Fsp3) is 0.211. The van der Waals surface area contributed by atoms with Crippen molar-refractivity contribution >= 4 is 29.1 Å². The standard InChI is InChI=1S/C19H17F2N3O4/c20-11-3-5-13(14(21)8-11)19(27)22-7-1-2-17(25)23-12-4-6-16-15(9-12)24-18(26)10-28-16/h3-6,8-9H,1-2,7,10H2,(H,22,27)(H,23,25)(H,24,26). The average Bonchev–Trinajstić information content (AvgIpc) is 2.64. The lowest BCUT2D eigenvalue weighted by Gasteiger charge is -2.18. The Labute approximate surface area is 159 Å². The molecule has 0 aliphatic carbocycles. The number of fused-ring (bicyclic) bond motifs is 1. The topological polar surface area (TPSA) is 96.5 Å². The summed E-state index contributed by atoms with van der Waals surface area (Å²) in [7, 11) is 0. The van der Waals surface area contributed by atoms with Gasteiger partial charge in [-0.2, -0.15) is 0 Å². The summed E-state index contributed by atoms with van der Waals surface area (Å²) in [5.74, 6) is -2.43. The van der Waals surface area contributed by atoms with E-state index in [0.717, 1.165) is 12.1 Å². The van der Waals surface area contributed by atoms with E-state index in [1.54, 1.807) is 18.2 Å². The summed E-state index contributed by atoms with van der Waals surface area (Å²) in [4.78, 5) is 35.2. The van der Waals surface area contributed by atoms with Crippen LogP contribution in [-0.4, -0.2) is 30.9 Å². The van der Waals surface area contributed by atoms with Crippen LogP contribution in [0.25, 0.3) is 0 Å². The second-order valence-corrected chi connectivity index (χ2v) is 6.08. The van der Waals surface area contributed by atoms with Gasteiger partial charge in [0.15, 0.2) is 6.61 Å². The van der Waals surface area contributed by atoms with E-state index < -0.39 is 17.5 Å². The van der Waals surface area contributed by atoms with Crippen LogP contribution in [0.15, 0.2) is 36.4 Å². The van der Waals surface area contributed by atoms with Gasteiger partial charge in [0.25, 0.3) is 11.8 Å². The first-order chi connectivity index (χ1) is 13.4. The molecule has 2 aromatic rings. The van der Waals surface area contributed by atoms with E-state index in [9.17, 15) is 23.2 Å². The summed E-state index contributed by atoms with van der Waals surface area (Å²) in [5.41, 5.74) is 0.707. The zero-order valence-corrected chi connectivity index (χ0v) is 14.7. The Morgan fingerprint density at radius 2 is 1.96 bits per heavy atom. The van der Waals surface area contributed by atoms with Gasteiger partial charge in [-0.25, -0.2) is 8.78 Å². The van der Waals surface area contributed by atoms with Gasteiger partial charge >= 0.3 is 0 Å². The predicted molar refractivity (Wildman–Crippen MR) is 97.1 cm³/mol. The minimum absolute atomic E-state index is 0.0494. The molecule has 1 heterocycles. The highest BCUT2D eigenvalue weighted by molar-refractivity contribution is 5.97. The second-order valence-electron chi connectivity index (χ2n) is 6.08. The first-order valence-electron chi connectivity index (χ1n) is 8.52. The fourth-order valence-corrected chi connectivity index (χ4v) is 2.60. The summed E-state index contributed by atoms with van der Waals surface area (Å²) in [6, 6.07) is 7.57. The Bertz CT molecular complexity index is 933. The van der Waals surface area contributed by atoms with Gasteiger partial charge in [0.1, 0.15) is 17.4 Å². The van der Waals surface area contributed by atoms with Crippen molar-refractivity contribution in [2.24, 2.45) is 0 Å². The first-order valence-corrected chi connectivity index (χ1v) is 8.52. The minimum Gasteiger partial charge on any atom is -0.482 e. The van der Waals surface area contributed by atoms with E-state index in [-0.39, 0.29) is 37.0 Å². The van der Waals surface area contributed by atoms with Gasteiger partial charge in [0.2, 0.25) is 5.91 Å². The lowest BCUT2D eigenvalue weighted by atomic mass is 10.2. The molecule has 0 radical (unpaired) electrons. The molecule has 0 bridgehead atoms. The van der Waals surface area contributed by atoms with Crippen LogP contribution in [0.4, 0.5) is 20.2 Å². The van der Waals surface area contributed by atoms with Crippen LogP contribution < -0.4 is 20.7 Å². The third kappa shape index (κ3) is 4.81. The monoisotopic (exact) mass is 389 g/mol. The number of ether oxygens (including phenoxy) is 1. The maximum absolute atomic E-state index is 13.5. The molecule has 1 aliphatic heterocycles. The molecule has 0 saturated carbocycles. The van der Waals surface area contributed by atoms with E-state index in [0.29, 0.717) is 29.6 Å². The molecule has 2 aromatic carbocycles. The zero-order chi connectivity index (χ0) is 20.1. The quantitative estimate of drug-likeness (QED) is 0.661. The summed E-state index contributed by atoms with van der Waals surface area (Å²) in [5, 5.41) is 7.81. The van der Waals surface area contributed by atoms with Crippen molar-refractivity contribution in [3.8, 4) is 5.75 Å². The summed E-state index contributed by atoms with van der Waals surface area (Å²) in [6.45, 7) is 0.101. The van der Waals surface area contributed by atoms with Gasteiger partial charge < -0.3 is 20.7 Å². The number of hydrogen-bond donors (Lipinski definition) is 3. The SMILES string of the molecule is O=C(CCCNC(=O)c1ccc(F)cc1F)Nc1ccc2c(c1)NC(=O)CO2. The van der Waals surface area contributed by atoms with Crippen LogP contribution in [0.2, 0.25) is 0 Å². The van der Waals surface area contributed by atoms with Gasteiger partial charge in [0.05, 0.1) is 11.3 Å². The lowest BCUT2D eigenvalue weighted by molar-refractivity contribution is -0.118. The lowest BCUT2D eigenvalue weighted by Crippen LogP contribution is -2.26. The maximum atomic E-state index is 13.5. The first kappa shape index (κ1) is 19.3. The number of hydrogen-bond acceptors (Lipinski definition) is 4. The normalized spacial score (nSPS) is 12.4. The number of nitrogens with one attached hydrogen (secondary N) is 3. The number of halogens is 2. The maximum Gasteiger partial charge on any atom is 0.262 e. The molecule has 28 heavy (non-hydrogen) atoms. The third-order valence-electron chi connectivity index (χ3n) is 3.94. The van der Waals surface area contributed by atoms with E-state index in [4.69, 9.17) is 4.74 Å². The molecule has 146 valence electrons. The smallest absolute Gasteiger partial charge is 0.262 e. The summed E-state index contributed by atoms with van der Waals surface area (Å²) < 4.78 is 31.6. The molecular weight excluding hydrogens is 372 g/mol. The summed E-state index contributed by atoms with van der Waals surface area (Å²) in [6.07, 6.45) is 0.442. The Kier molecular flexibility index (Phi) is 5.83. The van der Waals surface area contributed by atoms with Gasteiger partial charge in [-0.1, -0.05) is 0 Å². The Balaban J connectivity index is 1.44. The van der Waals surface area contributed by atoms with E-state index >= 15 is 0 Å². The van der Waals surface area contributed by atoms with E-state index in [1.165, 1.54) is 0 Å². The van der Waals surface area contributed by atoms with Crippen molar-refractivity contribution in [1.29, 1.82) is 0 Å². The van der Waals surface area contributed by atoms with E-state index in [2.05, 4.69) is 16.0 Å². The molecule has 0 spiro atoms. The molecule has 3 N–H and O–H groups in total. The van der Waals surface area contributed by atoms with Crippen LogP contribution in [0.5, 0.6) is 5.75 Å². The molecule has 0 atom stereocenters. The van der Waals surface area contributed by atoms with Crippen molar-refractivity contribution in [3.05, 3.63) is 53.6 Å². The highest BCUT2D eigenvalue weighted by Crippen LogP contribution is 2.30. The van der Waals surface area contributed by atoms with Crippen molar-refractivity contribution in [3.63, 3.8) is 0 Å². The minimum atomic E-state index is -0.946.